The highest BCUT2D eigenvalue weighted by Crippen LogP contribution is 2.59. The number of hydrogen-bond acceptors (Lipinski definition) is 0. The van der Waals surface area contributed by atoms with Gasteiger partial charge in [-0.3, -0.25) is 0 Å². The Morgan fingerprint density at radius 1 is 1.38 bits per heavy atom. The summed E-state index contributed by atoms with van der Waals surface area (Å²) in [5.41, 5.74) is 1.14. The number of halogens is 4. The second kappa shape index (κ2) is 3.30. The second-order valence-corrected chi connectivity index (χ2v) is 6.00. The standard InChI is InChI=1S/C9H6BrCl3/c10-7-3-5(1-2-8(7)11)6-4-9(6,12)13/h1-3,6H,4H2. The predicted octanol–water partition coefficient (Wildman–Crippen LogP) is 4.76. The molecular formula is C9H6BrCl3. The molecule has 1 unspecified atom stereocenters. The van der Waals surface area contributed by atoms with E-state index in [1.54, 1.807) is 0 Å². The van der Waals surface area contributed by atoms with Crippen molar-refractivity contribution in [2.75, 3.05) is 0 Å². The zero-order valence-corrected chi connectivity index (χ0v) is 10.4. The van der Waals surface area contributed by atoms with Crippen molar-refractivity contribution in [3.63, 3.8) is 0 Å². The maximum absolute atomic E-state index is 5.95. The average Bonchev–Trinajstić information content (AvgIpc) is 2.66. The molecule has 0 radical (unpaired) electrons. The second-order valence-electron chi connectivity index (χ2n) is 3.19. The van der Waals surface area contributed by atoms with Gasteiger partial charge in [-0.25, -0.2) is 0 Å². The molecule has 1 aromatic rings. The first kappa shape index (κ1) is 10.1. The largest absolute Gasteiger partial charge is 0.125 e. The first-order chi connectivity index (χ1) is 6.00. The van der Waals surface area contributed by atoms with Crippen molar-refractivity contribution in [2.24, 2.45) is 0 Å². The molecule has 0 bridgehead atoms. The Hall–Kier alpha value is 0.570. The Kier molecular flexibility index (Phi) is 2.57. The van der Waals surface area contributed by atoms with Crippen molar-refractivity contribution in [1.29, 1.82) is 0 Å². The van der Waals surface area contributed by atoms with Crippen LogP contribution in [0.5, 0.6) is 0 Å². The predicted molar refractivity (Wildman–Crippen MR) is 60.9 cm³/mol. The summed E-state index contributed by atoms with van der Waals surface area (Å²) in [7, 11) is 0. The SMILES string of the molecule is Clc1ccc(C2CC2(Cl)Cl)cc1Br. The van der Waals surface area contributed by atoms with E-state index in [2.05, 4.69) is 15.9 Å². The Balaban J connectivity index is 2.29. The molecule has 1 saturated carbocycles. The highest BCUT2D eigenvalue weighted by atomic mass is 79.9. The Labute approximate surface area is 100 Å². The molecule has 2 rings (SSSR count). The molecule has 0 heterocycles. The van der Waals surface area contributed by atoms with Gasteiger partial charge in [0.25, 0.3) is 0 Å². The summed E-state index contributed by atoms with van der Waals surface area (Å²) in [5.74, 6) is 0.254. The molecule has 0 spiro atoms. The van der Waals surface area contributed by atoms with Crippen LogP contribution in [0.2, 0.25) is 5.02 Å². The number of benzene rings is 1. The van der Waals surface area contributed by atoms with Crippen LogP contribution in [-0.2, 0) is 0 Å². The summed E-state index contributed by atoms with van der Waals surface area (Å²) < 4.78 is 0.329. The van der Waals surface area contributed by atoms with Gasteiger partial charge in [0.2, 0.25) is 0 Å². The summed E-state index contributed by atoms with van der Waals surface area (Å²) in [6, 6.07) is 5.78. The molecule has 1 fully saturated rings. The van der Waals surface area contributed by atoms with Gasteiger partial charge < -0.3 is 0 Å². The molecule has 0 amide bonds. The molecule has 0 aliphatic heterocycles. The minimum Gasteiger partial charge on any atom is -0.101 e. The van der Waals surface area contributed by atoms with E-state index in [9.17, 15) is 0 Å². The molecule has 1 atom stereocenters. The molecule has 0 N–H and O–H groups in total. The lowest BCUT2D eigenvalue weighted by molar-refractivity contribution is 1.10. The maximum atomic E-state index is 5.95. The van der Waals surface area contributed by atoms with Gasteiger partial charge in [0.15, 0.2) is 0 Å². The summed E-state index contributed by atoms with van der Waals surface area (Å²) in [4.78, 5) is 0. The third kappa shape index (κ3) is 1.99. The van der Waals surface area contributed by atoms with Crippen LogP contribution in [0.1, 0.15) is 17.9 Å². The first-order valence-corrected chi connectivity index (χ1v) is 5.76. The van der Waals surface area contributed by atoms with Gasteiger partial charge in [0.1, 0.15) is 4.33 Å². The van der Waals surface area contributed by atoms with Crippen LogP contribution < -0.4 is 0 Å². The van der Waals surface area contributed by atoms with Gasteiger partial charge in [-0.1, -0.05) is 17.7 Å². The Morgan fingerprint density at radius 2 is 2.00 bits per heavy atom. The average molecular weight is 300 g/mol. The fourth-order valence-corrected chi connectivity index (χ4v) is 2.38. The number of alkyl halides is 2. The third-order valence-electron chi connectivity index (χ3n) is 2.17. The van der Waals surface area contributed by atoms with Crippen LogP contribution in [0.4, 0.5) is 0 Å². The van der Waals surface area contributed by atoms with Crippen LogP contribution in [0, 0.1) is 0 Å². The lowest BCUT2D eigenvalue weighted by Crippen LogP contribution is -1.89. The van der Waals surface area contributed by atoms with E-state index in [0.717, 1.165) is 16.5 Å². The molecule has 0 nitrogen and oxygen atoms in total. The van der Waals surface area contributed by atoms with Crippen molar-refractivity contribution in [3.05, 3.63) is 33.3 Å². The molecule has 13 heavy (non-hydrogen) atoms. The molecule has 70 valence electrons. The quantitative estimate of drug-likeness (QED) is 0.656. The zero-order chi connectivity index (χ0) is 9.64. The minimum absolute atomic E-state index is 0.254. The van der Waals surface area contributed by atoms with Gasteiger partial charge in [0.05, 0.1) is 5.02 Å². The summed E-state index contributed by atoms with van der Waals surface area (Å²) in [5, 5.41) is 0.708. The lowest BCUT2D eigenvalue weighted by atomic mass is 10.1. The van der Waals surface area contributed by atoms with E-state index in [-0.39, 0.29) is 5.92 Å². The van der Waals surface area contributed by atoms with Gasteiger partial charge in [-0.15, -0.1) is 23.2 Å². The Morgan fingerprint density at radius 3 is 2.46 bits per heavy atom. The van der Waals surface area contributed by atoms with E-state index in [1.165, 1.54) is 0 Å². The van der Waals surface area contributed by atoms with E-state index in [4.69, 9.17) is 34.8 Å². The van der Waals surface area contributed by atoms with Crippen LogP contribution in [0.25, 0.3) is 0 Å². The summed E-state index contributed by atoms with van der Waals surface area (Å²) in [6.07, 6.45) is 0.824. The molecule has 0 aromatic heterocycles. The van der Waals surface area contributed by atoms with Crippen molar-refractivity contribution in [1.82, 2.24) is 0 Å². The fourth-order valence-electron chi connectivity index (χ4n) is 1.30. The fraction of sp³-hybridized carbons (Fsp3) is 0.333. The van der Waals surface area contributed by atoms with E-state index in [1.807, 2.05) is 18.2 Å². The molecule has 4 heteroatoms. The summed E-state index contributed by atoms with van der Waals surface area (Å²) in [6.45, 7) is 0. The first-order valence-electron chi connectivity index (χ1n) is 3.83. The van der Waals surface area contributed by atoms with Crippen molar-refractivity contribution >= 4 is 50.7 Å². The van der Waals surface area contributed by atoms with Crippen molar-refractivity contribution in [2.45, 2.75) is 16.7 Å². The van der Waals surface area contributed by atoms with Crippen LogP contribution in [-0.4, -0.2) is 4.33 Å². The summed E-state index contributed by atoms with van der Waals surface area (Å²) >= 11 is 21.1. The van der Waals surface area contributed by atoms with Gasteiger partial charge in [0, 0.05) is 10.4 Å². The maximum Gasteiger partial charge on any atom is 0.125 e. The monoisotopic (exact) mass is 298 g/mol. The van der Waals surface area contributed by atoms with Gasteiger partial charge in [-0.2, -0.15) is 0 Å². The topological polar surface area (TPSA) is 0 Å². The van der Waals surface area contributed by atoms with E-state index < -0.39 is 4.33 Å². The number of rotatable bonds is 1. The van der Waals surface area contributed by atoms with E-state index >= 15 is 0 Å². The normalized spacial score (nSPS) is 24.5. The Bertz CT molecular complexity index is 349. The molecular weight excluding hydrogens is 294 g/mol. The van der Waals surface area contributed by atoms with Crippen LogP contribution in [0.15, 0.2) is 22.7 Å². The molecule has 0 saturated heterocycles. The van der Waals surface area contributed by atoms with Crippen LogP contribution >= 0.6 is 50.7 Å². The van der Waals surface area contributed by atoms with Crippen LogP contribution in [0.3, 0.4) is 0 Å². The van der Waals surface area contributed by atoms with E-state index in [0.29, 0.717) is 5.02 Å². The van der Waals surface area contributed by atoms with Gasteiger partial charge >= 0.3 is 0 Å². The highest BCUT2D eigenvalue weighted by molar-refractivity contribution is 9.10. The van der Waals surface area contributed by atoms with Crippen molar-refractivity contribution < 1.29 is 0 Å². The molecule has 1 aliphatic carbocycles. The molecule has 1 aliphatic rings. The number of hydrogen-bond donors (Lipinski definition) is 0. The third-order valence-corrected chi connectivity index (χ3v) is 4.22. The van der Waals surface area contributed by atoms with Crippen molar-refractivity contribution in [3.8, 4) is 0 Å². The highest BCUT2D eigenvalue weighted by Gasteiger charge is 2.52. The lowest BCUT2D eigenvalue weighted by Gasteiger charge is -2.02. The molecule has 1 aromatic carbocycles. The zero-order valence-electron chi connectivity index (χ0n) is 6.53. The smallest absolute Gasteiger partial charge is 0.101 e. The van der Waals surface area contributed by atoms with Gasteiger partial charge in [-0.05, 0) is 40.0 Å². The minimum atomic E-state index is -0.562.